The van der Waals surface area contributed by atoms with Crippen molar-refractivity contribution < 1.29 is 14.0 Å². The Hall–Kier alpha value is -2.48. The number of amides is 2. The van der Waals surface area contributed by atoms with E-state index in [-0.39, 0.29) is 24.1 Å². The Morgan fingerprint density at radius 1 is 1.09 bits per heavy atom. The number of nitrogens with zero attached hydrogens (tertiary/aromatic N) is 1. The van der Waals surface area contributed by atoms with Crippen molar-refractivity contribution in [2.45, 2.75) is 13.0 Å². The van der Waals surface area contributed by atoms with Crippen LogP contribution in [0.1, 0.15) is 16.8 Å². The third-order valence-electron chi connectivity index (χ3n) is 2.95. The van der Waals surface area contributed by atoms with Crippen molar-refractivity contribution in [2.75, 3.05) is 0 Å². The van der Waals surface area contributed by atoms with Crippen molar-refractivity contribution in [3.63, 3.8) is 0 Å². The molecule has 2 N–H and O–H groups in total. The molecule has 120 valence electrons. The number of benzene rings is 1. The highest BCUT2D eigenvalue weighted by molar-refractivity contribution is 9.10. The van der Waals surface area contributed by atoms with Crippen LogP contribution in [0.15, 0.2) is 51.9 Å². The van der Waals surface area contributed by atoms with Crippen LogP contribution in [0.3, 0.4) is 0 Å². The van der Waals surface area contributed by atoms with Gasteiger partial charge >= 0.3 is 0 Å². The summed E-state index contributed by atoms with van der Waals surface area (Å²) in [5.74, 6) is -1.46. The zero-order valence-electron chi connectivity index (χ0n) is 11.9. The van der Waals surface area contributed by atoms with E-state index in [0.717, 1.165) is 16.6 Å². The van der Waals surface area contributed by atoms with Gasteiger partial charge in [-0.25, -0.2) is 4.39 Å². The average Bonchev–Trinajstić information content (AvgIpc) is 2.54. The first-order valence-electron chi connectivity index (χ1n) is 6.66. The number of hydrazine groups is 1. The van der Waals surface area contributed by atoms with Crippen molar-refractivity contribution in [2.24, 2.45) is 0 Å². The second-order valence-corrected chi connectivity index (χ2v) is 5.55. The van der Waals surface area contributed by atoms with Gasteiger partial charge in [-0.2, -0.15) is 0 Å². The summed E-state index contributed by atoms with van der Waals surface area (Å²) in [5, 5.41) is 0. The Balaban J connectivity index is 1.83. The largest absolute Gasteiger partial charge is 0.314 e. The number of carbonyl (C=O) groups is 2. The Morgan fingerprint density at radius 2 is 1.78 bits per heavy atom. The average molecular weight is 382 g/mol. The highest BCUT2D eigenvalue weighted by Crippen LogP contribution is 2.05. The molecule has 0 fully saturated rings. The highest BCUT2D eigenvalue weighted by atomic mass is 79.9. The van der Waals surface area contributed by atoms with Gasteiger partial charge in [0.15, 0.2) is 0 Å². The molecule has 0 saturated carbocycles. The fourth-order valence-electron chi connectivity index (χ4n) is 1.76. The number of nitrogens with one attached hydrogen (secondary N) is 2. The van der Waals surface area contributed by atoms with Crippen LogP contribution in [0.4, 0.5) is 4.39 Å². The summed E-state index contributed by atoms with van der Waals surface area (Å²) in [6.07, 6.45) is 1.59. The standard InChI is InChI=1S/C15H13BrFN3O3/c16-11-3-6-14(22)20(9-11)8-7-13(21)18-19-15(23)10-1-4-12(17)5-2-10/h1-6,9H,7-8H2,(H,18,21)(H,19,23). The van der Waals surface area contributed by atoms with Crippen molar-refractivity contribution in [1.82, 2.24) is 15.4 Å². The Labute approximate surface area is 139 Å². The summed E-state index contributed by atoms with van der Waals surface area (Å²) in [5.41, 5.74) is 4.46. The van der Waals surface area contributed by atoms with E-state index in [1.54, 1.807) is 12.3 Å². The molecule has 1 aromatic carbocycles. The lowest BCUT2D eigenvalue weighted by Crippen LogP contribution is -2.42. The van der Waals surface area contributed by atoms with Crippen LogP contribution in [0.5, 0.6) is 0 Å². The summed E-state index contributed by atoms with van der Waals surface area (Å²) in [6.45, 7) is 0.177. The molecule has 0 spiro atoms. The summed E-state index contributed by atoms with van der Waals surface area (Å²) >= 11 is 3.24. The number of aryl methyl sites for hydroxylation is 1. The number of pyridine rings is 1. The molecular weight excluding hydrogens is 369 g/mol. The van der Waals surface area contributed by atoms with Crippen LogP contribution in [-0.4, -0.2) is 16.4 Å². The van der Waals surface area contributed by atoms with Gasteiger partial charge in [0.05, 0.1) is 0 Å². The lowest BCUT2D eigenvalue weighted by molar-refractivity contribution is -0.122. The number of carbonyl (C=O) groups excluding carboxylic acids is 2. The first-order valence-corrected chi connectivity index (χ1v) is 7.46. The van der Waals surface area contributed by atoms with Gasteiger partial charge in [-0.3, -0.25) is 25.2 Å². The van der Waals surface area contributed by atoms with E-state index in [9.17, 15) is 18.8 Å². The molecule has 1 heterocycles. The monoisotopic (exact) mass is 381 g/mol. The predicted octanol–water partition coefficient (Wildman–Crippen LogP) is 1.60. The van der Waals surface area contributed by atoms with Crippen LogP contribution in [-0.2, 0) is 11.3 Å². The molecule has 0 aliphatic heterocycles. The first-order chi connectivity index (χ1) is 11.0. The molecule has 0 radical (unpaired) electrons. The fraction of sp³-hybridized carbons (Fsp3) is 0.133. The van der Waals surface area contributed by atoms with E-state index in [0.29, 0.717) is 0 Å². The van der Waals surface area contributed by atoms with Gasteiger partial charge in [-0.15, -0.1) is 0 Å². The maximum absolute atomic E-state index is 12.8. The molecule has 0 aliphatic carbocycles. The van der Waals surface area contributed by atoms with Gasteiger partial charge in [-0.1, -0.05) is 0 Å². The minimum absolute atomic E-state index is 0.0139. The van der Waals surface area contributed by atoms with Gasteiger partial charge in [0.1, 0.15) is 5.82 Å². The second kappa shape index (κ2) is 7.68. The molecule has 1 aromatic heterocycles. The zero-order chi connectivity index (χ0) is 16.8. The maximum Gasteiger partial charge on any atom is 0.269 e. The molecule has 0 aliphatic rings. The van der Waals surface area contributed by atoms with E-state index in [4.69, 9.17) is 0 Å². The summed E-state index contributed by atoms with van der Waals surface area (Å²) in [4.78, 5) is 35.0. The normalized spacial score (nSPS) is 10.2. The minimum Gasteiger partial charge on any atom is -0.314 e. The number of aromatic nitrogens is 1. The van der Waals surface area contributed by atoms with Crippen LogP contribution < -0.4 is 16.4 Å². The van der Waals surface area contributed by atoms with Crippen LogP contribution in [0, 0.1) is 5.82 Å². The van der Waals surface area contributed by atoms with Crippen LogP contribution >= 0.6 is 15.9 Å². The fourth-order valence-corrected chi connectivity index (χ4v) is 2.14. The summed E-state index contributed by atoms with van der Waals surface area (Å²) in [7, 11) is 0. The Kier molecular flexibility index (Phi) is 5.64. The van der Waals surface area contributed by atoms with Crippen molar-refractivity contribution in [1.29, 1.82) is 0 Å². The molecule has 0 unspecified atom stereocenters. The molecule has 8 heteroatoms. The predicted molar refractivity (Wildman–Crippen MR) is 85.0 cm³/mol. The van der Waals surface area contributed by atoms with Gasteiger partial charge < -0.3 is 4.57 Å². The lowest BCUT2D eigenvalue weighted by Gasteiger charge is -2.08. The Bertz CT molecular complexity index is 774. The molecule has 2 amide bonds. The van der Waals surface area contributed by atoms with E-state index in [1.807, 2.05) is 0 Å². The van der Waals surface area contributed by atoms with Gasteiger partial charge in [-0.05, 0) is 46.3 Å². The smallest absolute Gasteiger partial charge is 0.269 e. The molecule has 2 aromatic rings. The zero-order valence-corrected chi connectivity index (χ0v) is 13.5. The van der Waals surface area contributed by atoms with Gasteiger partial charge in [0.2, 0.25) is 5.91 Å². The highest BCUT2D eigenvalue weighted by Gasteiger charge is 2.08. The third-order valence-corrected chi connectivity index (χ3v) is 3.42. The lowest BCUT2D eigenvalue weighted by atomic mass is 10.2. The molecule has 0 bridgehead atoms. The summed E-state index contributed by atoms with van der Waals surface area (Å²) in [6, 6.07) is 7.91. The summed E-state index contributed by atoms with van der Waals surface area (Å²) < 4.78 is 14.9. The second-order valence-electron chi connectivity index (χ2n) is 4.64. The Morgan fingerprint density at radius 3 is 2.48 bits per heavy atom. The van der Waals surface area contributed by atoms with E-state index < -0.39 is 17.6 Å². The SMILES string of the molecule is O=C(CCn1cc(Br)ccc1=O)NNC(=O)c1ccc(F)cc1. The number of hydrogen-bond donors (Lipinski definition) is 2. The van der Waals surface area contributed by atoms with Crippen molar-refractivity contribution >= 4 is 27.7 Å². The molecule has 23 heavy (non-hydrogen) atoms. The minimum atomic E-state index is -0.557. The van der Waals surface area contributed by atoms with Crippen LogP contribution in [0.25, 0.3) is 0 Å². The number of rotatable bonds is 4. The first kappa shape index (κ1) is 16.9. The molecular formula is C15H13BrFN3O3. The quantitative estimate of drug-likeness (QED) is 0.789. The topological polar surface area (TPSA) is 80.2 Å². The van der Waals surface area contributed by atoms with Crippen molar-refractivity contribution in [3.8, 4) is 0 Å². The van der Waals surface area contributed by atoms with Gasteiger partial charge in [0, 0.05) is 35.3 Å². The van der Waals surface area contributed by atoms with Gasteiger partial charge in [0.25, 0.3) is 11.5 Å². The van der Waals surface area contributed by atoms with Crippen molar-refractivity contribution in [3.05, 3.63) is 68.8 Å². The number of hydrogen-bond acceptors (Lipinski definition) is 3. The molecule has 0 atom stereocenters. The van der Waals surface area contributed by atoms with E-state index in [1.165, 1.54) is 22.8 Å². The number of halogens is 2. The maximum atomic E-state index is 12.8. The third kappa shape index (κ3) is 5.03. The van der Waals surface area contributed by atoms with E-state index in [2.05, 4.69) is 26.8 Å². The van der Waals surface area contributed by atoms with Crippen LogP contribution in [0.2, 0.25) is 0 Å². The molecule has 2 rings (SSSR count). The molecule has 0 saturated heterocycles. The molecule has 6 nitrogen and oxygen atoms in total. The van der Waals surface area contributed by atoms with E-state index >= 15 is 0 Å².